The molecule has 3 aromatic rings. The first-order chi connectivity index (χ1) is 14.0. The number of nitrogens with two attached hydrogens (primary N) is 1. The average Bonchev–Trinajstić information content (AvgIpc) is 3.29. The molecule has 1 unspecified atom stereocenters. The van der Waals surface area contributed by atoms with Crippen LogP contribution in [0.2, 0.25) is 0 Å². The normalized spacial score (nSPS) is 17.1. The first-order valence-corrected chi connectivity index (χ1v) is 9.71. The largest absolute Gasteiger partial charge is 0.366 e. The van der Waals surface area contributed by atoms with Crippen LogP contribution in [0.1, 0.15) is 58.4 Å². The molecule has 4 rings (SSSR count). The smallest absolute Gasteiger partial charge is 0.271 e. The van der Waals surface area contributed by atoms with Crippen molar-refractivity contribution < 1.29 is 14.1 Å². The predicted octanol–water partition coefficient (Wildman–Crippen LogP) is 2.93. The summed E-state index contributed by atoms with van der Waals surface area (Å²) in [6.45, 7) is 0.593. The number of aromatic nitrogens is 3. The quantitative estimate of drug-likeness (QED) is 0.733. The van der Waals surface area contributed by atoms with Crippen molar-refractivity contribution in [3.05, 3.63) is 59.7 Å². The van der Waals surface area contributed by atoms with E-state index in [-0.39, 0.29) is 11.9 Å². The first-order valence-electron chi connectivity index (χ1n) is 9.71. The maximum Gasteiger partial charge on any atom is 0.271 e. The van der Waals surface area contributed by atoms with Crippen LogP contribution in [0.5, 0.6) is 0 Å². The number of hydrogen-bond acceptors (Lipinski definition) is 5. The van der Waals surface area contributed by atoms with E-state index in [0.29, 0.717) is 29.5 Å². The Morgan fingerprint density at radius 1 is 1.17 bits per heavy atom. The van der Waals surface area contributed by atoms with Gasteiger partial charge in [0.1, 0.15) is 5.69 Å². The predicted molar refractivity (Wildman–Crippen MR) is 106 cm³/mol. The summed E-state index contributed by atoms with van der Waals surface area (Å²) in [5.41, 5.74) is 6.93. The molecular formula is C21H23N5O3. The zero-order valence-electron chi connectivity index (χ0n) is 16.2. The minimum absolute atomic E-state index is 0.169. The van der Waals surface area contributed by atoms with Gasteiger partial charge >= 0.3 is 0 Å². The van der Waals surface area contributed by atoms with E-state index in [9.17, 15) is 9.59 Å². The molecule has 3 heterocycles. The summed E-state index contributed by atoms with van der Waals surface area (Å²) in [6, 6.07) is 10.8. The van der Waals surface area contributed by atoms with Crippen LogP contribution in [0.25, 0.3) is 11.5 Å². The molecule has 29 heavy (non-hydrogen) atoms. The fourth-order valence-corrected chi connectivity index (χ4v) is 3.75. The van der Waals surface area contributed by atoms with Gasteiger partial charge < -0.3 is 19.7 Å². The van der Waals surface area contributed by atoms with Gasteiger partial charge in [-0.05, 0) is 31.0 Å². The van der Waals surface area contributed by atoms with E-state index < -0.39 is 5.91 Å². The highest BCUT2D eigenvalue weighted by molar-refractivity contribution is 5.98. The molecule has 150 valence electrons. The molecule has 0 aliphatic carbocycles. The fourth-order valence-electron chi connectivity index (χ4n) is 3.75. The standard InChI is InChI=1S/C21H23N5O3/c1-25-13-15(18(22)27)12-17(25)21(28)26-11-7-3-6-10-16(26)19-23-20(29-24-19)14-8-4-2-5-9-14/h2,4-5,8-9,12-13,16H,3,6-7,10-11H2,1H3,(H2,22,27). The SMILES string of the molecule is Cn1cc(C(N)=O)cc1C(=O)N1CCCCCC1c1noc(-c2ccccc2)n1. The van der Waals surface area contributed by atoms with Gasteiger partial charge in [-0.25, -0.2) is 0 Å². The highest BCUT2D eigenvalue weighted by Gasteiger charge is 2.32. The second-order valence-electron chi connectivity index (χ2n) is 7.28. The van der Waals surface area contributed by atoms with Crippen LogP contribution in [0, 0.1) is 0 Å². The van der Waals surface area contributed by atoms with Gasteiger partial charge in [0.25, 0.3) is 11.8 Å². The van der Waals surface area contributed by atoms with E-state index in [1.807, 2.05) is 30.3 Å². The molecule has 2 amide bonds. The Hall–Kier alpha value is -3.42. The van der Waals surface area contributed by atoms with Crippen molar-refractivity contribution in [2.45, 2.75) is 31.7 Å². The molecule has 0 radical (unpaired) electrons. The van der Waals surface area contributed by atoms with Gasteiger partial charge in [0, 0.05) is 25.4 Å². The average molecular weight is 393 g/mol. The molecule has 1 aromatic carbocycles. The van der Waals surface area contributed by atoms with Gasteiger partial charge in [-0.1, -0.05) is 36.2 Å². The maximum absolute atomic E-state index is 13.3. The molecule has 1 aliphatic heterocycles. The lowest BCUT2D eigenvalue weighted by Crippen LogP contribution is -2.36. The summed E-state index contributed by atoms with van der Waals surface area (Å²) >= 11 is 0. The van der Waals surface area contributed by atoms with Crippen molar-refractivity contribution in [2.24, 2.45) is 12.8 Å². The number of nitrogens with zero attached hydrogens (tertiary/aromatic N) is 4. The van der Waals surface area contributed by atoms with E-state index in [1.54, 1.807) is 22.7 Å². The maximum atomic E-state index is 13.3. The Balaban J connectivity index is 1.65. The molecule has 1 fully saturated rings. The lowest BCUT2D eigenvalue weighted by atomic mass is 10.1. The number of carbonyl (C=O) groups is 2. The molecular weight excluding hydrogens is 370 g/mol. The third-order valence-electron chi connectivity index (χ3n) is 5.28. The fraction of sp³-hybridized carbons (Fsp3) is 0.333. The molecule has 2 aromatic heterocycles. The van der Waals surface area contributed by atoms with Crippen molar-refractivity contribution in [3.8, 4) is 11.5 Å². The molecule has 1 saturated heterocycles. The van der Waals surface area contributed by atoms with Crippen LogP contribution < -0.4 is 5.73 Å². The summed E-state index contributed by atoms with van der Waals surface area (Å²) in [6.07, 6.45) is 5.24. The van der Waals surface area contributed by atoms with Gasteiger partial charge in [-0.2, -0.15) is 4.98 Å². The van der Waals surface area contributed by atoms with Crippen molar-refractivity contribution in [1.29, 1.82) is 0 Å². The van der Waals surface area contributed by atoms with Crippen LogP contribution in [-0.4, -0.2) is 38.0 Å². The Morgan fingerprint density at radius 3 is 2.69 bits per heavy atom. The summed E-state index contributed by atoms with van der Waals surface area (Å²) in [7, 11) is 1.73. The third kappa shape index (κ3) is 3.78. The summed E-state index contributed by atoms with van der Waals surface area (Å²) in [5, 5.41) is 4.18. The summed E-state index contributed by atoms with van der Waals surface area (Å²) in [5.74, 6) is 0.214. The molecule has 2 N–H and O–H groups in total. The Bertz CT molecular complexity index is 1020. The van der Waals surface area contributed by atoms with Gasteiger partial charge in [0.2, 0.25) is 5.91 Å². The van der Waals surface area contributed by atoms with Crippen molar-refractivity contribution in [2.75, 3.05) is 6.54 Å². The van der Waals surface area contributed by atoms with Gasteiger partial charge in [-0.15, -0.1) is 0 Å². The van der Waals surface area contributed by atoms with E-state index in [0.717, 1.165) is 31.2 Å². The van der Waals surface area contributed by atoms with Crippen LogP contribution in [0.15, 0.2) is 47.1 Å². The number of benzene rings is 1. The Labute approximate surface area is 168 Å². The van der Waals surface area contributed by atoms with Gasteiger partial charge in [0.05, 0.1) is 11.6 Å². The lowest BCUT2D eigenvalue weighted by Gasteiger charge is -2.27. The Kier molecular flexibility index (Phi) is 5.16. The van der Waals surface area contributed by atoms with Crippen molar-refractivity contribution in [3.63, 3.8) is 0 Å². The molecule has 8 heteroatoms. The number of amides is 2. The number of rotatable bonds is 4. The number of aryl methyl sites for hydroxylation is 1. The minimum atomic E-state index is -0.558. The second-order valence-corrected chi connectivity index (χ2v) is 7.28. The monoisotopic (exact) mass is 393 g/mol. The highest BCUT2D eigenvalue weighted by atomic mass is 16.5. The Morgan fingerprint density at radius 2 is 1.97 bits per heavy atom. The molecule has 0 saturated carbocycles. The van der Waals surface area contributed by atoms with Gasteiger partial charge in [0.15, 0.2) is 5.82 Å². The molecule has 1 aliphatic rings. The van der Waals surface area contributed by atoms with E-state index in [1.165, 1.54) is 6.07 Å². The van der Waals surface area contributed by atoms with Crippen LogP contribution in [0.3, 0.4) is 0 Å². The van der Waals surface area contributed by atoms with E-state index in [2.05, 4.69) is 10.1 Å². The van der Waals surface area contributed by atoms with Crippen LogP contribution in [0.4, 0.5) is 0 Å². The molecule has 1 atom stereocenters. The van der Waals surface area contributed by atoms with Crippen LogP contribution in [-0.2, 0) is 7.05 Å². The highest BCUT2D eigenvalue weighted by Crippen LogP contribution is 2.31. The summed E-state index contributed by atoms with van der Waals surface area (Å²) < 4.78 is 7.11. The topological polar surface area (TPSA) is 107 Å². The van der Waals surface area contributed by atoms with Crippen molar-refractivity contribution >= 4 is 11.8 Å². The number of primary amides is 1. The molecule has 0 spiro atoms. The zero-order valence-corrected chi connectivity index (χ0v) is 16.2. The van der Waals surface area contributed by atoms with Crippen molar-refractivity contribution in [1.82, 2.24) is 19.6 Å². The van der Waals surface area contributed by atoms with Crippen LogP contribution >= 0.6 is 0 Å². The lowest BCUT2D eigenvalue weighted by molar-refractivity contribution is 0.0660. The van der Waals surface area contributed by atoms with E-state index >= 15 is 0 Å². The third-order valence-corrected chi connectivity index (χ3v) is 5.28. The number of hydrogen-bond donors (Lipinski definition) is 1. The summed E-state index contributed by atoms with van der Waals surface area (Å²) in [4.78, 5) is 31.2. The molecule has 8 nitrogen and oxygen atoms in total. The zero-order chi connectivity index (χ0) is 20.4. The first kappa shape index (κ1) is 18.9. The van der Waals surface area contributed by atoms with E-state index in [4.69, 9.17) is 10.3 Å². The number of carbonyl (C=O) groups excluding carboxylic acids is 2. The second kappa shape index (κ2) is 7.90. The van der Waals surface area contributed by atoms with Gasteiger partial charge in [-0.3, -0.25) is 9.59 Å². The minimum Gasteiger partial charge on any atom is -0.366 e. The number of likely N-dealkylation sites (tertiary alicyclic amines) is 1. The molecule has 0 bridgehead atoms.